The highest BCUT2D eigenvalue weighted by molar-refractivity contribution is 7.99. The van der Waals surface area contributed by atoms with E-state index < -0.39 is 0 Å². The van der Waals surface area contributed by atoms with Crippen LogP contribution in [-0.2, 0) is 17.1 Å². The molecule has 0 aliphatic heterocycles. The van der Waals surface area contributed by atoms with Crippen molar-refractivity contribution in [3.63, 3.8) is 0 Å². The normalized spacial score (nSPS) is 10.4. The monoisotopic (exact) mass is 329 g/mol. The number of hydrogen-bond acceptors (Lipinski definition) is 3. The predicted molar refractivity (Wildman–Crippen MR) is 96.8 cm³/mol. The SMILES string of the molecule is COc1ccc(CN(C)C(=O)CSCc2ccc(C)cc2)cc1. The van der Waals surface area contributed by atoms with Crippen molar-refractivity contribution in [1.82, 2.24) is 4.90 Å². The molecule has 1 amide bonds. The molecule has 4 heteroatoms. The van der Waals surface area contributed by atoms with Gasteiger partial charge in [-0.2, -0.15) is 0 Å². The van der Waals surface area contributed by atoms with E-state index in [4.69, 9.17) is 4.74 Å². The van der Waals surface area contributed by atoms with Crippen molar-refractivity contribution in [1.29, 1.82) is 0 Å². The van der Waals surface area contributed by atoms with Crippen LogP contribution >= 0.6 is 11.8 Å². The van der Waals surface area contributed by atoms with Gasteiger partial charge >= 0.3 is 0 Å². The zero-order valence-electron chi connectivity index (χ0n) is 13.9. The molecule has 0 aliphatic carbocycles. The first-order chi connectivity index (χ1) is 11.1. The van der Waals surface area contributed by atoms with Gasteiger partial charge in [-0.25, -0.2) is 0 Å². The van der Waals surface area contributed by atoms with Crippen molar-refractivity contribution in [2.45, 2.75) is 19.2 Å². The van der Waals surface area contributed by atoms with E-state index >= 15 is 0 Å². The van der Waals surface area contributed by atoms with Crippen LogP contribution in [0.25, 0.3) is 0 Å². The lowest BCUT2D eigenvalue weighted by Crippen LogP contribution is -2.27. The molecule has 0 N–H and O–H groups in total. The van der Waals surface area contributed by atoms with E-state index in [9.17, 15) is 4.79 Å². The van der Waals surface area contributed by atoms with Gasteiger partial charge in [-0.05, 0) is 30.2 Å². The summed E-state index contributed by atoms with van der Waals surface area (Å²) >= 11 is 1.65. The molecule has 0 radical (unpaired) electrons. The molecule has 0 bridgehead atoms. The van der Waals surface area contributed by atoms with E-state index in [0.29, 0.717) is 12.3 Å². The first-order valence-electron chi connectivity index (χ1n) is 7.58. The van der Waals surface area contributed by atoms with Crippen LogP contribution in [0.1, 0.15) is 16.7 Å². The number of benzene rings is 2. The molecule has 0 saturated carbocycles. The smallest absolute Gasteiger partial charge is 0.232 e. The molecule has 0 spiro atoms. The van der Waals surface area contributed by atoms with Crippen LogP contribution in [0.3, 0.4) is 0 Å². The number of nitrogens with zero attached hydrogens (tertiary/aromatic N) is 1. The molecule has 2 aromatic rings. The summed E-state index contributed by atoms with van der Waals surface area (Å²) in [6.45, 7) is 2.70. The van der Waals surface area contributed by atoms with Gasteiger partial charge in [-0.15, -0.1) is 11.8 Å². The third-order valence-corrected chi connectivity index (χ3v) is 4.61. The van der Waals surface area contributed by atoms with E-state index in [-0.39, 0.29) is 5.91 Å². The van der Waals surface area contributed by atoms with E-state index in [1.54, 1.807) is 23.8 Å². The lowest BCUT2D eigenvalue weighted by atomic mass is 10.2. The Morgan fingerprint density at radius 3 is 2.26 bits per heavy atom. The molecule has 0 aliphatic rings. The lowest BCUT2D eigenvalue weighted by molar-refractivity contribution is -0.127. The Morgan fingerprint density at radius 1 is 1.04 bits per heavy atom. The van der Waals surface area contributed by atoms with Crippen molar-refractivity contribution in [3.05, 3.63) is 65.2 Å². The highest BCUT2D eigenvalue weighted by atomic mass is 32.2. The van der Waals surface area contributed by atoms with Crippen LogP contribution < -0.4 is 4.74 Å². The number of ether oxygens (including phenoxy) is 1. The van der Waals surface area contributed by atoms with Crippen LogP contribution in [0.5, 0.6) is 5.75 Å². The minimum absolute atomic E-state index is 0.151. The highest BCUT2D eigenvalue weighted by Gasteiger charge is 2.09. The first-order valence-corrected chi connectivity index (χ1v) is 8.74. The Labute approximate surface area is 142 Å². The van der Waals surface area contributed by atoms with E-state index in [2.05, 4.69) is 31.2 Å². The van der Waals surface area contributed by atoms with Crippen molar-refractivity contribution < 1.29 is 9.53 Å². The lowest BCUT2D eigenvalue weighted by Gasteiger charge is -2.17. The second-order valence-corrected chi connectivity index (χ2v) is 6.56. The van der Waals surface area contributed by atoms with Crippen molar-refractivity contribution in [2.75, 3.05) is 19.9 Å². The molecule has 0 atom stereocenters. The molecular weight excluding hydrogens is 306 g/mol. The summed E-state index contributed by atoms with van der Waals surface area (Å²) in [5, 5.41) is 0. The van der Waals surface area contributed by atoms with Crippen LogP contribution in [0.2, 0.25) is 0 Å². The minimum Gasteiger partial charge on any atom is -0.497 e. The van der Waals surface area contributed by atoms with Crippen molar-refractivity contribution >= 4 is 17.7 Å². The number of methoxy groups -OCH3 is 1. The summed E-state index contributed by atoms with van der Waals surface area (Å²) < 4.78 is 5.14. The van der Waals surface area contributed by atoms with Gasteiger partial charge in [0.25, 0.3) is 0 Å². The van der Waals surface area contributed by atoms with Gasteiger partial charge in [0, 0.05) is 19.3 Å². The molecule has 3 nitrogen and oxygen atoms in total. The maximum Gasteiger partial charge on any atom is 0.232 e. The van der Waals surface area contributed by atoms with Crippen molar-refractivity contribution in [3.8, 4) is 5.75 Å². The van der Waals surface area contributed by atoms with E-state index in [1.165, 1.54) is 11.1 Å². The number of aryl methyl sites for hydroxylation is 1. The molecule has 122 valence electrons. The standard InChI is InChI=1S/C19H23NO2S/c1-15-4-6-17(7-5-15)13-23-14-19(21)20(2)12-16-8-10-18(22-3)11-9-16/h4-11H,12-14H2,1-3H3. The molecule has 23 heavy (non-hydrogen) atoms. The van der Waals surface area contributed by atoms with E-state index in [1.807, 2.05) is 31.3 Å². The van der Waals surface area contributed by atoms with Crippen LogP contribution in [0, 0.1) is 6.92 Å². The fourth-order valence-corrected chi connectivity index (χ4v) is 3.07. The van der Waals surface area contributed by atoms with Gasteiger partial charge < -0.3 is 9.64 Å². The Morgan fingerprint density at radius 2 is 1.65 bits per heavy atom. The third-order valence-electron chi connectivity index (χ3n) is 3.62. The van der Waals surface area contributed by atoms with Gasteiger partial charge in [-0.3, -0.25) is 4.79 Å². The molecular formula is C19H23NO2S. The summed E-state index contributed by atoms with van der Waals surface area (Å²) in [5.41, 5.74) is 3.62. The van der Waals surface area contributed by atoms with E-state index in [0.717, 1.165) is 17.1 Å². The second kappa shape index (κ2) is 8.63. The molecule has 2 aromatic carbocycles. The van der Waals surface area contributed by atoms with Gasteiger partial charge in [0.1, 0.15) is 5.75 Å². The summed E-state index contributed by atoms with van der Waals surface area (Å²) in [6.07, 6.45) is 0. The van der Waals surface area contributed by atoms with Gasteiger partial charge in [-0.1, -0.05) is 42.0 Å². The average molecular weight is 329 g/mol. The first kappa shape index (κ1) is 17.4. The maximum absolute atomic E-state index is 12.2. The molecule has 2 rings (SSSR count). The topological polar surface area (TPSA) is 29.5 Å². The molecule has 0 heterocycles. The summed E-state index contributed by atoms with van der Waals surface area (Å²) in [6, 6.07) is 16.3. The molecule has 0 unspecified atom stereocenters. The Balaban J connectivity index is 1.76. The highest BCUT2D eigenvalue weighted by Crippen LogP contribution is 2.15. The Bertz CT molecular complexity index is 623. The van der Waals surface area contributed by atoms with Crippen LogP contribution in [0.4, 0.5) is 0 Å². The number of rotatable bonds is 7. The number of thioether (sulfide) groups is 1. The fraction of sp³-hybridized carbons (Fsp3) is 0.316. The second-order valence-electron chi connectivity index (χ2n) is 5.58. The summed E-state index contributed by atoms with van der Waals surface area (Å²) in [7, 11) is 3.49. The Hall–Kier alpha value is -1.94. The molecule has 0 fully saturated rings. The van der Waals surface area contributed by atoms with Crippen LogP contribution in [0.15, 0.2) is 48.5 Å². The number of amides is 1. The molecule has 0 aromatic heterocycles. The largest absolute Gasteiger partial charge is 0.497 e. The number of carbonyl (C=O) groups is 1. The molecule has 0 saturated heterocycles. The fourth-order valence-electron chi connectivity index (χ4n) is 2.14. The van der Waals surface area contributed by atoms with Crippen LogP contribution in [-0.4, -0.2) is 30.7 Å². The van der Waals surface area contributed by atoms with Gasteiger partial charge in [0.2, 0.25) is 5.91 Å². The third kappa shape index (κ3) is 5.64. The summed E-state index contributed by atoms with van der Waals surface area (Å²) in [4.78, 5) is 14.0. The van der Waals surface area contributed by atoms with Gasteiger partial charge in [0.15, 0.2) is 0 Å². The minimum atomic E-state index is 0.151. The number of hydrogen-bond donors (Lipinski definition) is 0. The average Bonchev–Trinajstić information content (AvgIpc) is 2.57. The quantitative estimate of drug-likeness (QED) is 0.772. The van der Waals surface area contributed by atoms with Gasteiger partial charge in [0.05, 0.1) is 12.9 Å². The zero-order valence-corrected chi connectivity index (χ0v) is 14.7. The zero-order chi connectivity index (χ0) is 16.7. The van der Waals surface area contributed by atoms with Crippen molar-refractivity contribution in [2.24, 2.45) is 0 Å². The maximum atomic E-state index is 12.2. The Kier molecular flexibility index (Phi) is 6.53. The predicted octanol–water partition coefficient (Wildman–Crippen LogP) is 3.90. The number of carbonyl (C=O) groups excluding carboxylic acids is 1. The summed E-state index contributed by atoms with van der Waals surface area (Å²) in [5.74, 6) is 2.34.